The molecule has 16 heavy (non-hydrogen) atoms. The molecule has 2 N–H and O–H groups in total. The molecule has 0 aliphatic rings. The number of fused-ring (bicyclic) bond motifs is 1. The van der Waals surface area contributed by atoms with Gasteiger partial charge in [0.2, 0.25) is 0 Å². The van der Waals surface area contributed by atoms with E-state index in [0.29, 0.717) is 6.04 Å². The summed E-state index contributed by atoms with van der Waals surface area (Å²) < 4.78 is 2.28. The van der Waals surface area contributed by atoms with E-state index >= 15 is 0 Å². The fourth-order valence-electron chi connectivity index (χ4n) is 2.02. The van der Waals surface area contributed by atoms with Gasteiger partial charge in [0.15, 0.2) is 0 Å². The summed E-state index contributed by atoms with van der Waals surface area (Å²) in [6.45, 7) is 8.46. The van der Waals surface area contributed by atoms with E-state index in [9.17, 15) is 0 Å². The Morgan fingerprint density at radius 2 is 1.88 bits per heavy atom. The summed E-state index contributed by atoms with van der Waals surface area (Å²) in [6, 6.07) is 9.13. The highest BCUT2D eigenvalue weighted by Gasteiger charge is 2.15. The maximum absolute atomic E-state index is 6.11. The third-order valence-corrected chi connectivity index (χ3v) is 3.02. The van der Waals surface area contributed by atoms with E-state index in [4.69, 9.17) is 5.73 Å². The summed E-state index contributed by atoms with van der Waals surface area (Å²) in [5, 5.41) is 1.27. The first-order chi connectivity index (χ1) is 7.39. The Bertz CT molecular complexity index is 501. The van der Waals surface area contributed by atoms with Crippen molar-refractivity contribution in [3.05, 3.63) is 36.0 Å². The van der Waals surface area contributed by atoms with E-state index in [2.05, 4.69) is 48.9 Å². The molecule has 0 spiro atoms. The van der Waals surface area contributed by atoms with Gasteiger partial charge in [0.25, 0.3) is 0 Å². The molecule has 0 aliphatic carbocycles. The molecule has 0 amide bonds. The van der Waals surface area contributed by atoms with Gasteiger partial charge in [0.05, 0.1) is 0 Å². The molecule has 1 heterocycles. The van der Waals surface area contributed by atoms with Crippen LogP contribution in [0.3, 0.4) is 0 Å². The van der Waals surface area contributed by atoms with Gasteiger partial charge < -0.3 is 10.3 Å². The molecule has 1 aromatic heterocycles. The summed E-state index contributed by atoms with van der Waals surface area (Å²) in [4.78, 5) is 0. The number of nitrogens with two attached hydrogens (primary N) is 1. The molecule has 2 rings (SSSR count). The van der Waals surface area contributed by atoms with Gasteiger partial charge in [-0.2, -0.15) is 0 Å². The van der Waals surface area contributed by atoms with Crippen molar-refractivity contribution < 1.29 is 0 Å². The van der Waals surface area contributed by atoms with Gasteiger partial charge in [0.1, 0.15) is 0 Å². The Morgan fingerprint density at radius 3 is 2.44 bits per heavy atom. The molecule has 0 saturated heterocycles. The predicted octanol–water partition coefficient (Wildman–Crippen LogP) is 3.42. The van der Waals surface area contributed by atoms with Crippen LogP contribution in [0.4, 0.5) is 0 Å². The van der Waals surface area contributed by atoms with Crippen LogP contribution < -0.4 is 5.73 Å². The van der Waals surface area contributed by atoms with Gasteiger partial charge in [-0.15, -0.1) is 0 Å². The molecule has 2 aromatic rings. The van der Waals surface area contributed by atoms with Gasteiger partial charge in [-0.1, -0.05) is 6.07 Å². The standard InChI is InChI=1S/C14H20N2/c1-10(2)16-8-7-11-9-12(14(3,4)15)5-6-13(11)16/h5-10H,15H2,1-4H3. The predicted molar refractivity (Wildman–Crippen MR) is 69.5 cm³/mol. The first kappa shape index (κ1) is 11.2. The number of nitrogens with zero attached hydrogens (tertiary/aromatic N) is 1. The maximum Gasteiger partial charge on any atom is 0.0482 e. The molecule has 0 bridgehead atoms. The number of aromatic nitrogens is 1. The van der Waals surface area contributed by atoms with Gasteiger partial charge in [-0.3, -0.25) is 0 Å². The van der Waals surface area contributed by atoms with Crippen LogP contribution in [0.5, 0.6) is 0 Å². The van der Waals surface area contributed by atoms with Gasteiger partial charge in [-0.25, -0.2) is 0 Å². The molecule has 0 fully saturated rings. The third-order valence-electron chi connectivity index (χ3n) is 3.02. The van der Waals surface area contributed by atoms with Crippen molar-refractivity contribution in [1.82, 2.24) is 4.57 Å². The second-order valence-corrected chi connectivity index (χ2v) is 5.31. The highest BCUT2D eigenvalue weighted by atomic mass is 15.0. The van der Waals surface area contributed by atoms with Crippen LogP contribution >= 0.6 is 0 Å². The molecule has 2 nitrogen and oxygen atoms in total. The lowest BCUT2D eigenvalue weighted by Gasteiger charge is -2.19. The number of benzene rings is 1. The van der Waals surface area contributed by atoms with Crippen LogP contribution in [0, 0.1) is 0 Å². The Labute approximate surface area is 97.1 Å². The zero-order valence-electron chi connectivity index (χ0n) is 10.5. The molecule has 86 valence electrons. The second-order valence-electron chi connectivity index (χ2n) is 5.31. The maximum atomic E-state index is 6.11. The molecule has 0 aliphatic heterocycles. The third kappa shape index (κ3) is 1.85. The number of rotatable bonds is 2. The van der Waals surface area contributed by atoms with E-state index < -0.39 is 0 Å². The molecule has 0 saturated carbocycles. The zero-order chi connectivity index (χ0) is 11.9. The average molecular weight is 216 g/mol. The van der Waals surface area contributed by atoms with Crippen LogP contribution in [0.1, 0.15) is 39.3 Å². The SMILES string of the molecule is CC(C)n1ccc2cc(C(C)(C)N)ccc21. The lowest BCUT2D eigenvalue weighted by atomic mass is 9.95. The Balaban J connectivity index is 2.58. The molecule has 0 unspecified atom stereocenters. The molecular weight excluding hydrogens is 196 g/mol. The van der Waals surface area contributed by atoms with Crippen molar-refractivity contribution in [1.29, 1.82) is 0 Å². The minimum Gasteiger partial charge on any atom is -0.345 e. The first-order valence-corrected chi connectivity index (χ1v) is 5.79. The van der Waals surface area contributed by atoms with E-state index in [1.165, 1.54) is 16.5 Å². The fourth-order valence-corrected chi connectivity index (χ4v) is 2.02. The average Bonchev–Trinajstić information content (AvgIpc) is 2.58. The van der Waals surface area contributed by atoms with Gasteiger partial charge >= 0.3 is 0 Å². The van der Waals surface area contributed by atoms with Crippen molar-refractivity contribution in [2.24, 2.45) is 5.73 Å². The molecule has 0 radical (unpaired) electrons. The summed E-state index contributed by atoms with van der Waals surface area (Å²) in [5.74, 6) is 0. The zero-order valence-corrected chi connectivity index (χ0v) is 10.5. The summed E-state index contributed by atoms with van der Waals surface area (Å²) >= 11 is 0. The lowest BCUT2D eigenvalue weighted by Crippen LogP contribution is -2.28. The molecule has 0 atom stereocenters. The second kappa shape index (κ2) is 3.63. The van der Waals surface area contributed by atoms with Crippen molar-refractivity contribution in [2.45, 2.75) is 39.3 Å². The van der Waals surface area contributed by atoms with Crippen molar-refractivity contribution in [2.75, 3.05) is 0 Å². The Kier molecular flexibility index (Phi) is 2.55. The lowest BCUT2D eigenvalue weighted by molar-refractivity contribution is 0.555. The fraction of sp³-hybridized carbons (Fsp3) is 0.429. The minimum atomic E-state index is -0.270. The van der Waals surface area contributed by atoms with E-state index in [1.807, 2.05) is 13.8 Å². The van der Waals surface area contributed by atoms with Crippen LogP contribution in [0.2, 0.25) is 0 Å². The number of hydrogen-bond acceptors (Lipinski definition) is 1. The van der Waals surface area contributed by atoms with E-state index in [-0.39, 0.29) is 5.54 Å². The highest BCUT2D eigenvalue weighted by molar-refractivity contribution is 5.81. The van der Waals surface area contributed by atoms with Crippen molar-refractivity contribution in [3.63, 3.8) is 0 Å². The van der Waals surface area contributed by atoms with Gasteiger partial charge in [0, 0.05) is 23.3 Å². The van der Waals surface area contributed by atoms with E-state index in [0.717, 1.165) is 0 Å². The van der Waals surface area contributed by atoms with E-state index in [1.54, 1.807) is 0 Å². The largest absolute Gasteiger partial charge is 0.345 e. The molecular formula is C14H20N2. The number of hydrogen-bond donors (Lipinski definition) is 1. The van der Waals surface area contributed by atoms with Crippen molar-refractivity contribution in [3.8, 4) is 0 Å². The van der Waals surface area contributed by atoms with Crippen LogP contribution in [-0.2, 0) is 5.54 Å². The highest BCUT2D eigenvalue weighted by Crippen LogP contribution is 2.25. The Hall–Kier alpha value is -1.28. The van der Waals surface area contributed by atoms with Crippen LogP contribution in [0.25, 0.3) is 10.9 Å². The topological polar surface area (TPSA) is 30.9 Å². The normalized spacial score (nSPS) is 12.6. The van der Waals surface area contributed by atoms with Crippen LogP contribution in [0.15, 0.2) is 30.5 Å². The van der Waals surface area contributed by atoms with Crippen molar-refractivity contribution >= 4 is 10.9 Å². The van der Waals surface area contributed by atoms with Gasteiger partial charge in [-0.05, 0) is 56.8 Å². The summed E-state index contributed by atoms with van der Waals surface area (Å²) in [7, 11) is 0. The first-order valence-electron chi connectivity index (χ1n) is 5.79. The molecule has 1 aromatic carbocycles. The summed E-state index contributed by atoms with van der Waals surface area (Å²) in [5.41, 5.74) is 8.30. The Morgan fingerprint density at radius 1 is 1.19 bits per heavy atom. The summed E-state index contributed by atoms with van der Waals surface area (Å²) in [6.07, 6.45) is 2.14. The monoisotopic (exact) mass is 216 g/mol. The quantitative estimate of drug-likeness (QED) is 0.819. The minimum absolute atomic E-state index is 0.270. The molecule has 2 heteroatoms. The smallest absolute Gasteiger partial charge is 0.0482 e. The van der Waals surface area contributed by atoms with Crippen LogP contribution in [-0.4, -0.2) is 4.57 Å².